The van der Waals surface area contributed by atoms with Crippen LogP contribution in [-0.4, -0.2) is 19.3 Å². The predicted octanol–water partition coefficient (Wildman–Crippen LogP) is 5.44. The van der Waals surface area contributed by atoms with E-state index in [0.29, 0.717) is 34.5 Å². The first kappa shape index (κ1) is 17.1. The average Bonchev–Trinajstić information content (AvgIpc) is 3.26. The van der Waals surface area contributed by atoms with Gasteiger partial charge in [-0.2, -0.15) is 13.2 Å². The lowest BCUT2D eigenvalue weighted by Crippen LogP contribution is -2.09. The first-order chi connectivity index (χ1) is 13.4. The Bertz CT molecular complexity index is 1210. The van der Waals surface area contributed by atoms with E-state index >= 15 is 0 Å². The standard InChI is InChI=1S/C20H12ClF3N4/c21-15-5-2-1-4-14(15)18-25-26-19-16-6-3-9-27(16)11-12-7-8-13(20(22,23)24)10-17(12)28(18)19/h1-10H,11H2. The summed E-state index contributed by atoms with van der Waals surface area (Å²) in [6.45, 7) is 0.432. The zero-order valence-electron chi connectivity index (χ0n) is 14.3. The van der Waals surface area contributed by atoms with E-state index in [0.717, 1.165) is 23.4 Å². The molecule has 4 nitrogen and oxygen atoms in total. The van der Waals surface area contributed by atoms with Gasteiger partial charge in [0.05, 0.1) is 22.0 Å². The summed E-state index contributed by atoms with van der Waals surface area (Å²) in [6.07, 6.45) is -2.58. The van der Waals surface area contributed by atoms with Gasteiger partial charge in [0.15, 0.2) is 11.6 Å². The Morgan fingerprint density at radius 2 is 1.71 bits per heavy atom. The van der Waals surface area contributed by atoms with E-state index in [1.54, 1.807) is 28.8 Å². The molecule has 0 unspecified atom stereocenters. The Kier molecular flexibility index (Phi) is 3.64. The van der Waals surface area contributed by atoms with Gasteiger partial charge < -0.3 is 4.57 Å². The van der Waals surface area contributed by atoms with E-state index < -0.39 is 11.7 Å². The van der Waals surface area contributed by atoms with Crippen LogP contribution in [0.1, 0.15) is 11.1 Å². The minimum atomic E-state index is -4.45. The van der Waals surface area contributed by atoms with Crippen molar-refractivity contribution in [1.82, 2.24) is 19.3 Å². The van der Waals surface area contributed by atoms with Crippen molar-refractivity contribution in [2.75, 3.05) is 0 Å². The summed E-state index contributed by atoms with van der Waals surface area (Å²) in [5, 5.41) is 9.01. The van der Waals surface area contributed by atoms with Crippen molar-refractivity contribution in [2.24, 2.45) is 0 Å². The highest BCUT2D eigenvalue weighted by atomic mass is 35.5. The molecule has 0 saturated heterocycles. The number of alkyl halides is 3. The third-order valence-electron chi connectivity index (χ3n) is 4.83. The second kappa shape index (κ2) is 5.97. The van der Waals surface area contributed by atoms with E-state index in [2.05, 4.69) is 10.2 Å². The van der Waals surface area contributed by atoms with Gasteiger partial charge in [-0.1, -0.05) is 29.8 Å². The number of hydrogen-bond acceptors (Lipinski definition) is 2. The second-order valence-electron chi connectivity index (χ2n) is 6.53. The number of hydrogen-bond donors (Lipinski definition) is 0. The Morgan fingerprint density at radius 3 is 2.50 bits per heavy atom. The van der Waals surface area contributed by atoms with E-state index in [1.165, 1.54) is 6.07 Å². The molecule has 5 rings (SSSR count). The molecule has 0 spiro atoms. The molecule has 0 atom stereocenters. The Labute approximate surface area is 162 Å². The first-order valence-corrected chi connectivity index (χ1v) is 8.87. The van der Waals surface area contributed by atoms with Crippen LogP contribution < -0.4 is 0 Å². The van der Waals surface area contributed by atoms with Crippen molar-refractivity contribution in [2.45, 2.75) is 12.7 Å². The van der Waals surface area contributed by atoms with Gasteiger partial charge in [-0.25, -0.2) is 0 Å². The zero-order chi connectivity index (χ0) is 19.5. The van der Waals surface area contributed by atoms with Gasteiger partial charge in [0.2, 0.25) is 0 Å². The van der Waals surface area contributed by atoms with Gasteiger partial charge >= 0.3 is 6.18 Å². The molecular weight excluding hydrogens is 389 g/mol. The van der Waals surface area contributed by atoms with E-state index in [-0.39, 0.29) is 0 Å². The molecule has 4 aromatic rings. The van der Waals surface area contributed by atoms with E-state index in [9.17, 15) is 13.2 Å². The van der Waals surface area contributed by atoms with Crippen molar-refractivity contribution < 1.29 is 13.2 Å². The molecule has 28 heavy (non-hydrogen) atoms. The molecule has 0 radical (unpaired) electrons. The molecule has 2 aromatic carbocycles. The second-order valence-corrected chi connectivity index (χ2v) is 6.93. The lowest BCUT2D eigenvalue weighted by atomic mass is 10.1. The molecule has 0 bridgehead atoms. The molecule has 0 fully saturated rings. The molecule has 1 aliphatic heterocycles. The van der Waals surface area contributed by atoms with Gasteiger partial charge in [-0.05, 0) is 42.0 Å². The largest absolute Gasteiger partial charge is 0.416 e. The fraction of sp³-hybridized carbons (Fsp3) is 0.100. The Hall–Kier alpha value is -3.06. The quantitative estimate of drug-likeness (QED) is 0.376. The molecular formula is C20H12ClF3N4. The summed E-state index contributed by atoms with van der Waals surface area (Å²) in [5.74, 6) is 0.869. The van der Waals surface area contributed by atoms with Crippen LogP contribution in [-0.2, 0) is 12.7 Å². The molecule has 1 aliphatic rings. The van der Waals surface area contributed by atoms with Crippen LogP contribution in [0, 0.1) is 0 Å². The molecule has 0 saturated carbocycles. The third kappa shape index (κ3) is 2.54. The summed E-state index contributed by atoms with van der Waals surface area (Å²) in [7, 11) is 0. The molecule has 8 heteroatoms. The number of halogens is 4. The SMILES string of the molecule is FC(F)(F)c1ccc2c(c1)-n1c(-c3ccccc3Cl)nnc1-c1cccn1C2. The maximum atomic E-state index is 13.4. The van der Waals surface area contributed by atoms with Crippen molar-refractivity contribution in [3.8, 4) is 28.6 Å². The van der Waals surface area contributed by atoms with Crippen molar-refractivity contribution in [1.29, 1.82) is 0 Å². The minimum absolute atomic E-state index is 0.397. The highest BCUT2D eigenvalue weighted by Gasteiger charge is 2.33. The van der Waals surface area contributed by atoms with Gasteiger partial charge in [0, 0.05) is 18.3 Å². The van der Waals surface area contributed by atoms with Crippen LogP contribution in [0.15, 0.2) is 60.8 Å². The smallest absolute Gasteiger partial charge is 0.340 e. The Balaban J connectivity index is 1.85. The van der Waals surface area contributed by atoms with Crippen LogP contribution in [0.5, 0.6) is 0 Å². The fourth-order valence-electron chi connectivity index (χ4n) is 3.52. The van der Waals surface area contributed by atoms with Gasteiger partial charge in [-0.3, -0.25) is 4.57 Å². The van der Waals surface area contributed by atoms with Crippen molar-refractivity contribution in [3.63, 3.8) is 0 Å². The number of benzene rings is 2. The fourth-order valence-corrected chi connectivity index (χ4v) is 3.74. The molecule has 140 valence electrons. The molecule has 0 aliphatic carbocycles. The number of nitrogens with zero attached hydrogens (tertiary/aromatic N) is 4. The molecule has 2 aromatic heterocycles. The van der Waals surface area contributed by atoms with E-state index in [1.807, 2.05) is 22.9 Å². The number of fused-ring (bicyclic) bond motifs is 5. The summed E-state index contributed by atoms with van der Waals surface area (Å²) in [6, 6.07) is 14.6. The minimum Gasteiger partial charge on any atom is -0.340 e. The summed E-state index contributed by atoms with van der Waals surface area (Å²) < 4.78 is 43.8. The maximum Gasteiger partial charge on any atom is 0.416 e. The van der Waals surface area contributed by atoms with Crippen LogP contribution in [0.3, 0.4) is 0 Å². The summed E-state index contributed by atoms with van der Waals surface area (Å²) in [5.41, 5.74) is 1.79. The Morgan fingerprint density at radius 1 is 0.929 bits per heavy atom. The van der Waals surface area contributed by atoms with Gasteiger partial charge in [-0.15, -0.1) is 10.2 Å². The topological polar surface area (TPSA) is 35.6 Å². The highest BCUT2D eigenvalue weighted by molar-refractivity contribution is 6.33. The van der Waals surface area contributed by atoms with Crippen LogP contribution >= 0.6 is 11.6 Å². The van der Waals surface area contributed by atoms with Crippen LogP contribution in [0.4, 0.5) is 13.2 Å². The van der Waals surface area contributed by atoms with Crippen molar-refractivity contribution in [3.05, 3.63) is 76.9 Å². The summed E-state index contributed by atoms with van der Waals surface area (Å²) in [4.78, 5) is 0. The molecule has 0 amide bonds. The number of rotatable bonds is 1. The molecule has 0 N–H and O–H groups in total. The van der Waals surface area contributed by atoms with Crippen molar-refractivity contribution >= 4 is 11.6 Å². The van der Waals surface area contributed by atoms with E-state index in [4.69, 9.17) is 11.6 Å². The maximum absolute atomic E-state index is 13.4. The monoisotopic (exact) mass is 400 g/mol. The number of aromatic nitrogens is 4. The van der Waals surface area contributed by atoms with Gasteiger partial charge in [0.1, 0.15) is 0 Å². The third-order valence-corrected chi connectivity index (χ3v) is 5.16. The summed E-state index contributed by atoms with van der Waals surface area (Å²) >= 11 is 6.34. The predicted molar refractivity (Wildman–Crippen MR) is 99.3 cm³/mol. The molecule has 3 heterocycles. The first-order valence-electron chi connectivity index (χ1n) is 8.50. The lowest BCUT2D eigenvalue weighted by Gasteiger charge is -2.15. The lowest BCUT2D eigenvalue weighted by molar-refractivity contribution is -0.137. The normalized spacial score (nSPS) is 12.9. The van der Waals surface area contributed by atoms with Crippen LogP contribution in [0.2, 0.25) is 5.02 Å². The zero-order valence-corrected chi connectivity index (χ0v) is 15.0. The van der Waals surface area contributed by atoms with Crippen LogP contribution in [0.25, 0.3) is 28.6 Å². The average molecular weight is 401 g/mol. The van der Waals surface area contributed by atoms with Gasteiger partial charge in [0.25, 0.3) is 0 Å². The highest BCUT2D eigenvalue weighted by Crippen LogP contribution is 2.38.